The molecule has 0 bridgehead atoms. The molecule has 0 aromatic heterocycles. The zero-order valence-corrected chi connectivity index (χ0v) is 16.1. The lowest BCUT2D eigenvalue weighted by molar-refractivity contribution is -0.385. The molecule has 8 heteroatoms. The van der Waals surface area contributed by atoms with Gasteiger partial charge in [-0.25, -0.2) is 4.39 Å². The lowest BCUT2D eigenvalue weighted by atomic mass is 10.2. The van der Waals surface area contributed by atoms with Crippen LogP contribution in [0.5, 0.6) is 5.75 Å². The van der Waals surface area contributed by atoms with Gasteiger partial charge in [-0.3, -0.25) is 15.5 Å². The van der Waals surface area contributed by atoms with Crippen LogP contribution >= 0.6 is 15.9 Å². The maximum Gasteiger partial charge on any atom is 0.320 e. The number of nitro benzene ring substituents is 1. The van der Waals surface area contributed by atoms with E-state index in [0.717, 1.165) is 0 Å². The molecular formula is C17H21BrFN3O3. The van der Waals surface area contributed by atoms with Gasteiger partial charge in [-0.15, -0.1) is 0 Å². The SMILES string of the molecule is C=C/C=C(F)\C(=C/C)N/N=C/c1c(Br)ccc(OC)c1[N+](=O)[O-].CC. The second-order valence-electron chi connectivity index (χ2n) is 4.09. The van der Waals surface area contributed by atoms with Gasteiger partial charge in [0.05, 0.1) is 29.5 Å². The monoisotopic (exact) mass is 413 g/mol. The van der Waals surface area contributed by atoms with E-state index in [1.807, 2.05) is 13.8 Å². The number of rotatable bonds is 7. The topological polar surface area (TPSA) is 76.8 Å². The Bertz CT molecular complexity index is 701. The molecular weight excluding hydrogens is 393 g/mol. The van der Waals surface area contributed by atoms with Crippen molar-refractivity contribution in [2.75, 3.05) is 7.11 Å². The largest absolute Gasteiger partial charge is 0.490 e. The van der Waals surface area contributed by atoms with E-state index in [1.165, 1.54) is 37.6 Å². The van der Waals surface area contributed by atoms with Gasteiger partial charge in [-0.1, -0.05) is 32.6 Å². The van der Waals surface area contributed by atoms with Crippen molar-refractivity contribution in [3.05, 3.63) is 68.6 Å². The van der Waals surface area contributed by atoms with E-state index in [2.05, 4.69) is 33.0 Å². The first kappa shape index (κ1) is 22.5. The van der Waals surface area contributed by atoms with E-state index in [9.17, 15) is 14.5 Å². The van der Waals surface area contributed by atoms with Gasteiger partial charge < -0.3 is 4.74 Å². The lowest BCUT2D eigenvalue weighted by Gasteiger charge is -2.06. The Morgan fingerprint density at radius 1 is 1.48 bits per heavy atom. The molecule has 6 nitrogen and oxygen atoms in total. The maximum absolute atomic E-state index is 13.6. The lowest BCUT2D eigenvalue weighted by Crippen LogP contribution is -2.07. The predicted molar refractivity (Wildman–Crippen MR) is 103 cm³/mol. The van der Waals surface area contributed by atoms with Gasteiger partial charge in [-0.2, -0.15) is 5.10 Å². The average Bonchev–Trinajstić information content (AvgIpc) is 2.61. The first-order valence-corrected chi connectivity index (χ1v) is 8.20. The first-order valence-electron chi connectivity index (χ1n) is 7.41. The van der Waals surface area contributed by atoms with E-state index >= 15 is 0 Å². The highest BCUT2D eigenvalue weighted by Gasteiger charge is 2.22. The Hall–Kier alpha value is -2.48. The maximum atomic E-state index is 13.6. The minimum atomic E-state index is -0.570. The summed E-state index contributed by atoms with van der Waals surface area (Å²) in [5.74, 6) is -0.456. The number of halogens is 2. The van der Waals surface area contributed by atoms with Crippen LogP contribution in [0.3, 0.4) is 0 Å². The van der Waals surface area contributed by atoms with E-state index in [1.54, 1.807) is 13.0 Å². The molecule has 0 aliphatic rings. The Morgan fingerprint density at radius 3 is 2.60 bits per heavy atom. The summed E-state index contributed by atoms with van der Waals surface area (Å²) in [5.41, 5.74) is 2.56. The molecule has 25 heavy (non-hydrogen) atoms. The molecule has 0 atom stereocenters. The zero-order chi connectivity index (χ0) is 19.4. The van der Waals surface area contributed by atoms with Gasteiger partial charge in [0.2, 0.25) is 0 Å². The summed E-state index contributed by atoms with van der Waals surface area (Å²) < 4.78 is 19.1. The van der Waals surface area contributed by atoms with Gasteiger partial charge >= 0.3 is 5.69 Å². The number of benzene rings is 1. The van der Waals surface area contributed by atoms with Crippen LogP contribution in [0.1, 0.15) is 26.3 Å². The molecule has 0 heterocycles. The summed E-state index contributed by atoms with van der Waals surface area (Å²) in [6, 6.07) is 3.07. The van der Waals surface area contributed by atoms with Crippen LogP contribution in [-0.4, -0.2) is 18.2 Å². The number of methoxy groups -OCH3 is 1. The summed E-state index contributed by atoms with van der Waals surface area (Å²) in [6.45, 7) is 9.03. The van der Waals surface area contributed by atoms with E-state index < -0.39 is 10.8 Å². The van der Waals surface area contributed by atoms with Gasteiger partial charge in [0, 0.05) is 4.47 Å². The number of nitrogens with one attached hydrogen (secondary N) is 1. The fraction of sp³-hybridized carbons (Fsp3) is 0.235. The first-order chi connectivity index (χ1) is 12.0. The van der Waals surface area contributed by atoms with Crippen LogP contribution in [0, 0.1) is 10.1 Å². The molecule has 1 aromatic carbocycles. The molecule has 0 spiro atoms. The molecule has 0 unspecified atom stereocenters. The number of hydrogen-bond donors (Lipinski definition) is 1. The second kappa shape index (κ2) is 12.0. The van der Waals surface area contributed by atoms with Gasteiger partial charge in [0.1, 0.15) is 5.83 Å². The van der Waals surface area contributed by atoms with Crippen molar-refractivity contribution >= 4 is 27.8 Å². The van der Waals surface area contributed by atoms with Crippen LogP contribution in [0.4, 0.5) is 10.1 Å². The molecule has 0 fully saturated rings. The average molecular weight is 414 g/mol. The van der Waals surface area contributed by atoms with Crippen molar-refractivity contribution in [2.45, 2.75) is 20.8 Å². The van der Waals surface area contributed by atoms with Crippen molar-refractivity contribution < 1.29 is 14.1 Å². The number of allylic oxidation sites excluding steroid dienone is 4. The predicted octanol–water partition coefficient (Wildman–Crippen LogP) is 5.26. The summed E-state index contributed by atoms with van der Waals surface area (Å²) in [4.78, 5) is 10.7. The Balaban J connectivity index is 0.00000277. The molecule has 0 aliphatic carbocycles. The second-order valence-corrected chi connectivity index (χ2v) is 4.95. The third-order valence-corrected chi connectivity index (χ3v) is 3.41. The third-order valence-electron chi connectivity index (χ3n) is 2.72. The molecule has 136 valence electrons. The van der Waals surface area contributed by atoms with Crippen LogP contribution in [0.15, 0.2) is 58.0 Å². The number of hydrazone groups is 1. The summed E-state index contributed by atoms with van der Waals surface area (Å²) >= 11 is 3.22. The molecule has 0 saturated heterocycles. The Kier molecular flexibility index (Phi) is 10.8. The number of nitro groups is 1. The van der Waals surface area contributed by atoms with E-state index in [0.29, 0.717) is 4.47 Å². The van der Waals surface area contributed by atoms with Crippen molar-refractivity contribution in [1.82, 2.24) is 5.43 Å². The van der Waals surface area contributed by atoms with E-state index in [-0.39, 0.29) is 22.7 Å². The van der Waals surface area contributed by atoms with Crippen LogP contribution in [0.2, 0.25) is 0 Å². The van der Waals surface area contributed by atoms with Crippen LogP contribution in [-0.2, 0) is 0 Å². The zero-order valence-electron chi connectivity index (χ0n) is 14.5. The fourth-order valence-electron chi connectivity index (χ4n) is 1.65. The van der Waals surface area contributed by atoms with E-state index in [4.69, 9.17) is 4.74 Å². The van der Waals surface area contributed by atoms with Crippen LogP contribution < -0.4 is 10.2 Å². The molecule has 0 amide bonds. The highest BCUT2D eigenvalue weighted by Crippen LogP contribution is 2.34. The minimum absolute atomic E-state index is 0.101. The van der Waals surface area contributed by atoms with Gasteiger partial charge in [0.25, 0.3) is 0 Å². The summed E-state index contributed by atoms with van der Waals surface area (Å²) in [5, 5.41) is 15.1. The number of nitrogens with zero attached hydrogens (tertiary/aromatic N) is 2. The molecule has 1 rings (SSSR count). The fourth-order valence-corrected chi connectivity index (χ4v) is 2.08. The molecule has 0 aliphatic heterocycles. The molecule has 1 N–H and O–H groups in total. The van der Waals surface area contributed by atoms with Crippen molar-refractivity contribution in [3.8, 4) is 5.75 Å². The Labute approximate surface area is 155 Å². The van der Waals surface area contributed by atoms with Crippen molar-refractivity contribution in [3.63, 3.8) is 0 Å². The van der Waals surface area contributed by atoms with Gasteiger partial charge in [-0.05, 0) is 41.1 Å². The Morgan fingerprint density at radius 2 is 2.12 bits per heavy atom. The van der Waals surface area contributed by atoms with Crippen molar-refractivity contribution in [2.24, 2.45) is 5.10 Å². The molecule has 0 saturated carbocycles. The van der Waals surface area contributed by atoms with Crippen molar-refractivity contribution in [1.29, 1.82) is 0 Å². The number of hydrogen-bond acceptors (Lipinski definition) is 5. The highest BCUT2D eigenvalue weighted by molar-refractivity contribution is 9.10. The summed E-state index contributed by atoms with van der Waals surface area (Å²) in [6.07, 6.45) is 5.16. The van der Waals surface area contributed by atoms with Gasteiger partial charge in [0.15, 0.2) is 5.75 Å². The highest BCUT2D eigenvalue weighted by atomic mass is 79.9. The third kappa shape index (κ3) is 6.50. The summed E-state index contributed by atoms with van der Waals surface area (Å²) in [7, 11) is 1.34. The van der Waals surface area contributed by atoms with Crippen LogP contribution in [0.25, 0.3) is 0 Å². The minimum Gasteiger partial charge on any atom is -0.490 e. The standard InChI is InChI=1S/C15H15BrFN3O3.C2H6/c1-4-6-12(17)13(5-2)19-18-9-10-11(16)7-8-14(23-3)15(10)20(21)22;1-2/h4-9,19H,1H2,2-3H3;1-2H3/b12-6+,13-5+,18-9+;. The number of ether oxygens (including phenoxy) is 1. The molecule has 0 radical (unpaired) electrons. The molecule has 1 aromatic rings. The smallest absolute Gasteiger partial charge is 0.320 e. The quantitative estimate of drug-likeness (QED) is 0.286. The normalized spacial score (nSPS) is 11.6.